The fraction of sp³-hybridized carbons (Fsp3) is 0.625. The van der Waals surface area contributed by atoms with Gasteiger partial charge in [0.05, 0.1) is 26.7 Å². The number of benzene rings is 1. The Hall–Kier alpha value is -2.73. The van der Waals surface area contributed by atoms with Crippen LogP contribution in [-0.4, -0.2) is 76.8 Å². The van der Waals surface area contributed by atoms with E-state index in [1.807, 2.05) is 0 Å². The zero-order chi connectivity index (χ0) is 34.0. The van der Waals surface area contributed by atoms with E-state index in [9.17, 15) is 19.2 Å². The minimum atomic E-state index is -3.11. The second-order valence-electron chi connectivity index (χ2n) is 13.1. The number of hydrogen-bond acceptors (Lipinski definition) is 10. The highest BCUT2D eigenvalue weighted by Crippen LogP contribution is 2.48. The number of nitrogens with zero attached hydrogens (tertiary/aromatic N) is 2. The third-order valence-electron chi connectivity index (χ3n) is 8.97. The third kappa shape index (κ3) is 6.79. The molecule has 0 radical (unpaired) electrons. The molecule has 0 amide bonds. The van der Waals surface area contributed by atoms with E-state index >= 15 is 0 Å². The smallest absolute Gasteiger partial charge is 0.340 e. The first-order valence-corrected chi connectivity index (χ1v) is 19.9. The molecule has 2 fully saturated rings. The Balaban J connectivity index is 1.85. The van der Waals surface area contributed by atoms with Gasteiger partial charge in [0.15, 0.2) is 6.23 Å². The number of carbonyl (C=O) groups is 2. The molecule has 0 spiro atoms. The number of methoxy groups -OCH3 is 1. The lowest BCUT2D eigenvalue weighted by atomic mass is 10.1. The van der Waals surface area contributed by atoms with Crippen molar-refractivity contribution in [3.8, 4) is 0 Å². The number of esters is 1. The van der Waals surface area contributed by atoms with E-state index in [-0.39, 0.29) is 47.4 Å². The second-order valence-corrected chi connectivity index (χ2v) is 22.0. The first kappa shape index (κ1) is 36.1. The first-order chi connectivity index (χ1) is 21.7. The normalized spacial score (nSPS) is 24.2. The molecule has 2 aromatic rings. The molecule has 0 bridgehead atoms. The van der Waals surface area contributed by atoms with Crippen molar-refractivity contribution < 1.29 is 36.8 Å². The van der Waals surface area contributed by atoms with Crippen molar-refractivity contribution in [2.75, 3.05) is 20.3 Å². The maximum atomic E-state index is 13.9. The number of fused-ring (bicyclic) bond motifs is 1. The van der Waals surface area contributed by atoms with Crippen molar-refractivity contribution in [1.82, 2.24) is 9.13 Å². The molecule has 0 saturated carbocycles. The van der Waals surface area contributed by atoms with E-state index in [1.54, 1.807) is 18.2 Å². The molecule has 2 aliphatic heterocycles. The van der Waals surface area contributed by atoms with E-state index in [1.165, 1.54) is 30.0 Å². The lowest BCUT2D eigenvalue weighted by Crippen LogP contribution is -2.66. The number of rotatable bonds is 10. The monoisotopic (exact) mass is 676 g/mol. The predicted octanol–water partition coefficient (Wildman–Crippen LogP) is 4.50. The van der Waals surface area contributed by atoms with Crippen LogP contribution in [0.3, 0.4) is 0 Å². The molecule has 1 aromatic heterocycles. The van der Waals surface area contributed by atoms with E-state index in [0.29, 0.717) is 4.57 Å². The highest BCUT2D eigenvalue weighted by atomic mass is 28.5. The Morgan fingerprint density at radius 1 is 0.913 bits per heavy atom. The topological polar surface area (TPSA) is 134 Å². The quantitative estimate of drug-likeness (QED) is 0.262. The average molecular weight is 677 g/mol. The van der Waals surface area contributed by atoms with Crippen LogP contribution in [0.15, 0.2) is 52.2 Å². The summed E-state index contributed by atoms with van der Waals surface area (Å²) in [5.41, 5.74) is -1.23. The number of carbonyl (C=O) groups excluding carboxylic acids is 2. The molecular weight excluding hydrogens is 629 g/mol. The van der Waals surface area contributed by atoms with Gasteiger partial charge in [-0.05, 0) is 34.3 Å². The molecule has 2 saturated heterocycles. The summed E-state index contributed by atoms with van der Waals surface area (Å²) in [5, 5.41) is 0. The summed E-state index contributed by atoms with van der Waals surface area (Å²) < 4.78 is 40.8. The minimum absolute atomic E-state index is 0.0158. The van der Waals surface area contributed by atoms with Crippen LogP contribution in [0, 0.1) is 0 Å². The van der Waals surface area contributed by atoms with Crippen LogP contribution in [0.2, 0.25) is 22.2 Å². The number of ether oxygens (including phenoxy) is 3. The van der Waals surface area contributed by atoms with E-state index in [4.69, 9.17) is 27.2 Å². The summed E-state index contributed by atoms with van der Waals surface area (Å²) in [6.45, 7) is 16.9. The Bertz CT molecular complexity index is 1470. The zero-order valence-corrected chi connectivity index (χ0v) is 30.3. The average Bonchev–Trinajstić information content (AvgIpc) is 3.32. The van der Waals surface area contributed by atoms with Gasteiger partial charge < -0.3 is 27.2 Å². The summed E-state index contributed by atoms with van der Waals surface area (Å²) in [4.78, 5) is 52.3. The van der Waals surface area contributed by atoms with Crippen LogP contribution in [-0.2, 0) is 32.0 Å². The molecule has 2 aliphatic rings. The molecule has 12 nitrogen and oxygen atoms in total. The summed E-state index contributed by atoms with van der Waals surface area (Å²) in [5.74, 6) is -1.23. The molecule has 4 rings (SSSR count). The molecule has 1 aromatic carbocycles. The minimum Gasteiger partial charge on any atom is -0.469 e. The molecule has 14 heteroatoms. The Labute approximate surface area is 272 Å². The van der Waals surface area contributed by atoms with Crippen molar-refractivity contribution in [2.45, 2.75) is 109 Å². The summed E-state index contributed by atoms with van der Waals surface area (Å²) in [6, 6.07) is 9.25. The van der Waals surface area contributed by atoms with Crippen molar-refractivity contribution in [3.05, 3.63) is 69.0 Å². The van der Waals surface area contributed by atoms with E-state index < -0.39 is 64.8 Å². The second kappa shape index (κ2) is 14.6. The van der Waals surface area contributed by atoms with Crippen molar-refractivity contribution in [3.63, 3.8) is 0 Å². The van der Waals surface area contributed by atoms with Gasteiger partial charge in [0.2, 0.25) is 0 Å². The molecule has 1 unspecified atom stereocenters. The van der Waals surface area contributed by atoms with Gasteiger partial charge in [0.1, 0.15) is 18.3 Å². The predicted molar refractivity (Wildman–Crippen MR) is 175 cm³/mol. The summed E-state index contributed by atoms with van der Waals surface area (Å²) in [7, 11) is -4.71. The maximum absolute atomic E-state index is 13.9. The lowest BCUT2D eigenvalue weighted by Gasteiger charge is -2.51. The van der Waals surface area contributed by atoms with Gasteiger partial charge in [-0.2, -0.15) is 4.57 Å². The molecule has 0 N–H and O–H groups in total. The largest absolute Gasteiger partial charge is 0.469 e. The van der Waals surface area contributed by atoms with Gasteiger partial charge in [0, 0.05) is 17.8 Å². The summed E-state index contributed by atoms with van der Waals surface area (Å²) >= 11 is 0. The molecule has 3 heterocycles. The fourth-order valence-corrected chi connectivity index (χ4v) is 17.7. The van der Waals surface area contributed by atoms with Crippen LogP contribution in [0.5, 0.6) is 0 Å². The zero-order valence-electron chi connectivity index (χ0n) is 28.3. The van der Waals surface area contributed by atoms with Crippen LogP contribution in [0.4, 0.5) is 0 Å². The van der Waals surface area contributed by atoms with Gasteiger partial charge in [-0.25, -0.2) is 4.79 Å². The molecule has 254 valence electrons. The van der Waals surface area contributed by atoms with Gasteiger partial charge in [-0.15, -0.1) is 0 Å². The Morgan fingerprint density at radius 3 is 2.09 bits per heavy atom. The van der Waals surface area contributed by atoms with Gasteiger partial charge >= 0.3 is 28.8 Å². The molecule has 4 atom stereocenters. The Morgan fingerprint density at radius 2 is 1.52 bits per heavy atom. The number of aromatic nitrogens is 2. The highest BCUT2D eigenvalue weighted by molar-refractivity contribution is 6.84. The maximum Gasteiger partial charge on any atom is 0.340 e. The SMILES string of the molecule is COC(=O)CCOC1[C@H]2O[Si](C(C)C)(C(C)C)O[Si](C(C)C)(C(C)C)OC[C@@H]2O[C@H]1n1ccc(=O)n(C(=O)c2ccccc2)c1=O. The highest BCUT2D eigenvalue weighted by Gasteiger charge is 2.62. The molecule has 0 aliphatic carbocycles. The Kier molecular flexibility index (Phi) is 11.4. The lowest BCUT2D eigenvalue weighted by molar-refractivity contribution is -0.143. The fourth-order valence-electron chi connectivity index (χ4n) is 6.49. The summed E-state index contributed by atoms with van der Waals surface area (Å²) in [6.07, 6.45) is -2.20. The van der Waals surface area contributed by atoms with Gasteiger partial charge in [-0.1, -0.05) is 73.6 Å². The number of hydrogen-bond donors (Lipinski definition) is 0. The van der Waals surface area contributed by atoms with Crippen LogP contribution < -0.4 is 11.2 Å². The third-order valence-corrected chi connectivity index (χ3v) is 19.2. The van der Waals surface area contributed by atoms with E-state index in [2.05, 4.69) is 55.4 Å². The molecule has 46 heavy (non-hydrogen) atoms. The molecular formula is C32H48N2O10Si2. The van der Waals surface area contributed by atoms with E-state index in [0.717, 1.165) is 6.07 Å². The van der Waals surface area contributed by atoms with Crippen molar-refractivity contribution >= 4 is 29.0 Å². The van der Waals surface area contributed by atoms with Gasteiger partial charge in [0.25, 0.3) is 11.5 Å². The van der Waals surface area contributed by atoms with Crippen LogP contribution >= 0.6 is 0 Å². The van der Waals surface area contributed by atoms with Crippen LogP contribution in [0.25, 0.3) is 0 Å². The first-order valence-electron chi connectivity index (χ1n) is 16.0. The van der Waals surface area contributed by atoms with Crippen molar-refractivity contribution in [1.29, 1.82) is 0 Å². The van der Waals surface area contributed by atoms with Crippen molar-refractivity contribution in [2.24, 2.45) is 0 Å². The van der Waals surface area contributed by atoms with Gasteiger partial charge in [-0.3, -0.25) is 19.0 Å². The standard InChI is InChI=1S/C32H48N2O10Si2/c1-20(2)45(21(3)4)41-19-25-28(43-46(44-45,22(5)6)23(7)8)29(40-18-16-27(36)39-9)31(42-25)33-17-15-26(35)34(32(33)38)30(37)24-13-11-10-12-14-24/h10-15,17,20-23,25,28-29,31H,16,18-19H2,1-9H3/t25-,28-,29?,31+/m0/s1. The van der Waals surface area contributed by atoms with Crippen LogP contribution in [0.1, 0.15) is 78.4 Å².